The molecule has 7 heteroatoms. The molecule has 1 aliphatic heterocycles. The van der Waals surface area contributed by atoms with Crippen LogP contribution in [0.1, 0.15) is 34.8 Å². The molecule has 0 aliphatic carbocycles. The molecule has 7 nitrogen and oxygen atoms in total. The van der Waals surface area contributed by atoms with Crippen molar-refractivity contribution in [1.82, 2.24) is 0 Å². The van der Waals surface area contributed by atoms with E-state index in [0.717, 1.165) is 16.8 Å². The number of carbonyl (C=O) groups excluding carboxylic acids is 3. The second-order valence-electron chi connectivity index (χ2n) is 8.65. The van der Waals surface area contributed by atoms with E-state index in [2.05, 4.69) is 10.6 Å². The lowest BCUT2D eigenvalue weighted by Crippen LogP contribution is -2.28. The molecule has 2 N–H and O–H groups in total. The van der Waals surface area contributed by atoms with Gasteiger partial charge in [-0.05, 0) is 62.7 Å². The minimum absolute atomic E-state index is 0.110. The largest absolute Gasteiger partial charge is 0.492 e. The standard InChI is InChI=1S/C28H29N3O4/c1-4-35-25-11-6-5-10-24(25)31-17-21(16-26(31)32)28(34)29-22-9-7-8-20(15-22)27(33)30-23-13-12-18(2)14-19(23)3/h5-15,21H,4,16-17H2,1-3H3,(H,29,34)(H,30,33)/t21-/m0/s1. The van der Waals surface area contributed by atoms with Crippen molar-refractivity contribution < 1.29 is 19.1 Å². The van der Waals surface area contributed by atoms with Gasteiger partial charge in [0.25, 0.3) is 5.91 Å². The monoisotopic (exact) mass is 471 g/mol. The summed E-state index contributed by atoms with van der Waals surface area (Å²) >= 11 is 0. The summed E-state index contributed by atoms with van der Waals surface area (Å²) in [6.07, 6.45) is 0.110. The minimum atomic E-state index is -0.509. The highest BCUT2D eigenvalue weighted by Gasteiger charge is 2.36. The summed E-state index contributed by atoms with van der Waals surface area (Å²) in [6, 6.07) is 19.9. The number of carbonyl (C=O) groups is 3. The maximum atomic E-state index is 13.0. The zero-order valence-corrected chi connectivity index (χ0v) is 20.1. The summed E-state index contributed by atoms with van der Waals surface area (Å²) in [6.45, 7) is 6.57. The van der Waals surface area contributed by atoms with Crippen molar-refractivity contribution in [2.45, 2.75) is 27.2 Å². The van der Waals surface area contributed by atoms with Gasteiger partial charge in [-0.1, -0.05) is 35.9 Å². The van der Waals surface area contributed by atoms with E-state index in [1.165, 1.54) is 0 Å². The molecule has 0 saturated carbocycles. The fourth-order valence-electron chi connectivity index (χ4n) is 4.20. The quantitative estimate of drug-likeness (QED) is 0.511. The Bertz CT molecular complexity index is 1270. The molecule has 1 fully saturated rings. The molecule has 1 atom stereocenters. The number of anilines is 3. The van der Waals surface area contributed by atoms with Crippen LogP contribution in [0.15, 0.2) is 66.7 Å². The van der Waals surface area contributed by atoms with E-state index < -0.39 is 5.92 Å². The van der Waals surface area contributed by atoms with E-state index in [1.807, 2.05) is 63.2 Å². The predicted molar refractivity (Wildman–Crippen MR) is 137 cm³/mol. The highest BCUT2D eigenvalue weighted by Crippen LogP contribution is 2.33. The Labute approximate surface area is 205 Å². The first-order chi connectivity index (χ1) is 16.9. The lowest BCUT2D eigenvalue weighted by molar-refractivity contribution is -0.122. The lowest BCUT2D eigenvalue weighted by atomic mass is 10.1. The Morgan fingerprint density at radius 3 is 2.57 bits per heavy atom. The van der Waals surface area contributed by atoms with Crippen LogP contribution in [0.3, 0.4) is 0 Å². The van der Waals surface area contributed by atoms with Gasteiger partial charge in [0.15, 0.2) is 0 Å². The zero-order chi connectivity index (χ0) is 24.9. The van der Waals surface area contributed by atoms with Gasteiger partial charge in [0, 0.05) is 29.9 Å². The smallest absolute Gasteiger partial charge is 0.255 e. The molecule has 3 amide bonds. The fraction of sp³-hybridized carbons (Fsp3) is 0.250. The van der Waals surface area contributed by atoms with Gasteiger partial charge < -0.3 is 20.3 Å². The summed E-state index contributed by atoms with van der Waals surface area (Å²) in [5.41, 5.74) is 4.44. The van der Waals surface area contributed by atoms with Crippen molar-refractivity contribution in [3.05, 3.63) is 83.4 Å². The molecule has 4 rings (SSSR count). The van der Waals surface area contributed by atoms with E-state index in [9.17, 15) is 14.4 Å². The number of hydrogen-bond acceptors (Lipinski definition) is 4. The minimum Gasteiger partial charge on any atom is -0.492 e. The van der Waals surface area contributed by atoms with Gasteiger partial charge in [-0.2, -0.15) is 0 Å². The van der Waals surface area contributed by atoms with Crippen molar-refractivity contribution in [3.8, 4) is 5.75 Å². The molecule has 1 heterocycles. The zero-order valence-electron chi connectivity index (χ0n) is 20.1. The molecular weight excluding hydrogens is 442 g/mol. The highest BCUT2D eigenvalue weighted by molar-refractivity contribution is 6.07. The number of amides is 3. The fourth-order valence-corrected chi connectivity index (χ4v) is 4.20. The van der Waals surface area contributed by atoms with Crippen LogP contribution in [0.25, 0.3) is 0 Å². The molecule has 3 aromatic carbocycles. The predicted octanol–water partition coefficient (Wildman–Crippen LogP) is 4.95. The molecule has 3 aromatic rings. The van der Waals surface area contributed by atoms with Crippen LogP contribution < -0.4 is 20.3 Å². The molecule has 0 unspecified atom stereocenters. The molecular formula is C28H29N3O4. The van der Waals surface area contributed by atoms with Crippen LogP contribution in [-0.4, -0.2) is 30.9 Å². The second-order valence-corrected chi connectivity index (χ2v) is 8.65. The first-order valence-electron chi connectivity index (χ1n) is 11.7. The average molecular weight is 472 g/mol. The molecule has 180 valence electrons. The number of rotatable bonds is 7. The van der Waals surface area contributed by atoms with Gasteiger partial charge in [-0.25, -0.2) is 0 Å². The van der Waals surface area contributed by atoms with Crippen molar-refractivity contribution in [2.24, 2.45) is 5.92 Å². The van der Waals surface area contributed by atoms with Crippen LogP contribution in [0, 0.1) is 19.8 Å². The van der Waals surface area contributed by atoms with Crippen LogP contribution in [0.4, 0.5) is 17.1 Å². The molecule has 1 saturated heterocycles. The van der Waals surface area contributed by atoms with Crippen molar-refractivity contribution >= 4 is 34.8 Å². The normalized spacial score (nSPS) is 15.1. The van der Waals surface area contributed by atoms with Crippen LogP contribution in [-0.2, 0) is 9.59 Å². The molecule has 0 spiro atoms. The Morgan fingerprint density at radius 2 is 1.80 bits per heavy atom. The summed E-state index contributed by atoms with van der Waals surface area (Å²) in [4.78, 5) is 40.1. The number of para-hydroxylation sites is 2. The van der Waals surface area contributed by atoms with E-state index in [0.29, 0.717) is 29.3 Å². The Hall–Kier alpha value is -4.13. The number of nitrogens with one attached hydrogen (secondary N) is 2. The number of benzene rings is 3. The molecule has 35 heavy (non-hydrogen) atoms. The van der Waals surface area contributed by atoms with E-state index in [-0.39, 0.29) is 30.7 Å². The van der Waals surface area contributed by atoms with Crippen LogP contribution in [0.2, 0.25) is 0 Å². The third-order valence-corrected chi connectivity index (χ3v) is 5.97. The van der Waals surface area contributed by atoms with Crippen molar-refractivity contribution in [1.29, 1.82) is 0 Å². The number of nitrogens with zero attached hydrogens (tertiary/aromatic N) is 1. The maximum absolute atomic E-state index is 13.0. The summed E-state index contributed by atoms with van der Waals surface area (Å²) in [5, 5.41) is 5.78. The van der Waals surface area contributed by atoms with E-state index >= 15 is 0 Å². The average Bonchev–Trinajstić information content (AvgIpc) is 3.23. The van der Waals surface area contributed by atoms with Crippen LogP contribution in [0.5, 0.6) is 5.75 Å². The van der Waals surface area contributed by atoms with Crippen molar-refractivity contribution in [2.75, 3.05) is 28.7 Å². The second kappa shape index (κ2) is 10.4. The molecule has 0 aromatic heterocycles. The number of ether oxygens (including phenoxy) is 1. The maximum Gasteiger partial charge on any atom is 0.255 e. The first kappa shape index (κ1) is 24.0. The number of hydrogen-bond donors (Lipinski definition) is 2. The van der Waals surface area contributed by atoms with Gasteiger partial charge in [0.1, 0.15) is 5.75 Å². The van der Waals surface area contributed by atoms with Crippen molar-refractivity contribution in [3.63, 3.8) is 0 Å². The van der Waals surface area contributed by atoms with Gasteiger partial charge in [0.05, 0.1) is 18.2 Å². The molecule has 0 radical (unpaired) electrons. The molecule has 1 aliphatic rings. The molecule has 0 bridgehead atoms. The summed E-state index contributed by atoms with van der Waals surface area (Å²) < 4.78 is 5.65. The third-order valence-electron chi connectivity index (χ3n) is 5.97. The highest BCUT2D eigenvalue weighted by atomic mass is 16.5. The Kier molecular flexibility index (Phi) is 7.15. The van der Waals surface area contributed by atoms with Gasteiger partial charge in [0.2, 0.25) is 11.8 Å². The van der Waals surface area contributed by atoms with Gasteiger partial charge >= 0.3 is 0 Å². The summed E-state index contributed by atoms with van der Waals surface area (Å²) in [7, 11) is 0. The number of aryl methyl sites for hydroxylation is 2. The SMILES string of the molecule is CCOc1ccccc1N1C[C@@H](C(=O)Nc2cccc(C(=O)Nc3ccc(C)cc3C)c2)CC1=O. The van der Waals surface area contributed by atoms with E-state index in [4.69, 9.17) is 4.74 Å². The van der Waals surface area contributed by atoms with Gasteiger partial charge in [-0.3, -0.25) is 14.4 Å². The van der Waals surface area contributed by atoms with Gasteiger partial charge in [-0.15, -0.1) is 0 Å². The first-order valence-corrected chi connectivity index (χ1v) is 11.7. The third kappa shape index (κ3) is 5.51. The van der Waals surface area contributed by atoms with E-state index in [1.54, 1.807) is 29.2 Å². The Morgan fingerprint density at radius 1 is 1.00 bits per heavy atom. The topological polar surface area (TPSA) is 87.7 Å². The Balaban J connectivity index is 1.43. The van der Waals surface area contributed by atoms with Crippen LogP contribution >= 0.6 is 0 Å². The lowest BCUT2D eigenvalue weighted by Gasteiger charge is -2.20. The summed E-state index contributed by atoms with van der Waals surface area (Å²) in [5.74, 6) is -0.541.